The molecule has 162 valence electrons. The van der Waals surface area contributed by atoms with Crippen molar-refractivity contribution in [2.24, 2.45) is 5.92 Å². The molecule has 2 aromatic carbocycles. The number of anilines is 1. The van der Waals surface area contributed by atoms with Gasteiger partial charge in [0.1, 0.15) is 16.7 Å². The summed E-state index contributed by atoms with van der Waals surface area (Å²) in [5, 5.41) is 18.3. The number of sulfonamides is 1. The van der Waals surface area contributed by atoms with Crippen molar-refractivity contribution in [1.29, 1.82) is 5.41 Å². The van der Waals surface area contributed by atoms with Gasteiger partial charge in [-0.05, 0) is 54.8 Å². The molecule has 0 unspecified atom stereocenters. The molecule has 0 radical (unpaired) electrons. The van der Waals surface area contributed by atoms with Gasteiger partial charge in [0.2, 0.25) is 5.78 Å². The number of ketones is 1. The lowest BCUT2D eigenvalue weighted by molar-refractivity contribution is -0.122. The summed E-state index contributed by atoms with van der Waals surface area (Å²) in [6, 6.07) is 10.6. The fourth-order valence-electron chi connectivity index (χ4n) is 2.65. The second-order valence-electron chi connectivity index (χ2n) is 7.03. The molecule has 3 N–H and O–H groups in total. The Labute approximate surface area is 181 Å². The molecule has 9 heteroatoms. The number of hydrogen-bond acceptors (Lipinski definition) is 6. The molecule has 0 aliphatic rings. The van der Waals surface area contributed by atoms with E-state index in [2.05, 4.69) is 4.72 Å². The van der Waals surface area contributed by atoms with Crippen molar-refractivity contribution < 1.29 is 23.1 Å². The Morgan fingerprint density at radius 3 is 2.40 bits per heavy atom. The molecule has 7 nitrogen and oxygen atoms in total. The Kier molecular flexibility index (Phi) is 8.00. The second-order valence-corrected chi connectivity index (χ2v) is 9.12. The number of rotatable bonds is 10. The van der Waals surface area contributed by atoms with E-state index in [0.29, 0.717) is 16.3 Å². The van der Waals surface area contributed by atoms with Gasteiger partial charge in [0.15, 0.2) is 0 Å². The molecule has 2 rings (SSSR count). The van der Waals surface area contributed by atoms with Crippen LogP contribution in [0.15, 0.2) is 47.4 Å². The van der Waals surface area contributed by atoms with Gasteiger partial charge in [-0.25, -0.2) is 8.42 Å². The fourth-order valence-corrected chi connectivity index (χ4v) is 3.97. The van der Waals surface area contributed by atoms with Crippen LogP contribution in [0.25, 0.3) is 0 Å². The van der Waals surface area contributed by atoms with Crippen molar-refractivity contribution >= 4 is 38.8 Å². The number of hydrogen-bond donors (Lipinski definition) is 3. The Bertz CT molecular complexity index is 1020. The van der Waals surface area contributed by atoms with Crippen molar-refractivity contribution in [3.63, 3.8) is 0 Å². The average molecular weight is 453 g/mol. The molecule has 0 aliphatic carbocycles. The summed E-state index contributed by atoms with van der Waals surface area (Å²) in [7, 11) is -3.94. The number of Topliss-reactive ketones (excluding diaryl/α,β-unsaturated/α-hetero) is 1. The zero-order chi connectivity index (χ0) is 22.5. The maximum atomic E-state index is 12.8. The number of carbonyl (C=O) groups excluding carboxylic acids is 1. The predicted molar refractivity (Wildman–Crippen MR) is 117 cm³/mol. The second kappa shape index (κ2) is 10.1. The molecule has 0 fully saturated rings. The van der Waals surface area contributed by atoms with Gasteiger partial charge in [-0.15, -0.1) is 0 Å². The Hall–Kier alpha value is -2.42. The molecule has 0 aliphatic heterocycles. The number of ether oxygens (including phenoxy) is 1. The van der Waals surface area contributed by atoms with Crippen LogP contribution in [-0.4, -0.2) is 37.7 Å². The fraction of sp³-hybridized carbons (Fsp3) is 0.333. The van der Waals surface area contributed by atoms with Gasteiger partial charge < -0.3 is 15.3 Å². The standard InChI is InChI=1S/C21H25ClN2O5S/c1-4-29-18-12-14(11-17(23)21(26)20(25)13(2)3)5-10-19(18)30(27,28)24-16-8-6-15(22)7-9-16/h5-10,12-13,20,23-25H,4,11H2,1-3H3/t20-/m0/s1. The zero-order valence-electron chi connectivity index (χ0n) is 17.0. The first-order chi connectivity index (χ1) is 14.0. The van der Waals surface area contributed by atoms with E-state index in [4.69, 9.17) is 21.7 Å². The van der Waals surface area contributed by atoms with Gasteiger partial charge in [-0.2, -0.15) is 0 Å². The van der Waals surface area contributed by atoms with Crippen LogP contribution in [0.4, 0.5) is 5.69 Å². The van der Waals surface area contributed by atoms with E-state index < -0.39 is 21.9 Å². The lowest BCUT2D eigenvalue weighted by Crippen LogP contribution is -2.33. The Morgan fingerprint density at radius 2 is 1.83 bits per heavy atom. The van der Waals surface area contributed by atoms with Crippen LogP contribution in [0, 0.1) is 11.3 Å². The molecule has 30 heavy (non-hydrogen) atoms. The molecule has 0 bridgehead atoms. The molecule has 0 saturated carbocycles. The molecule has 0 amide bonds. The first-order valence-corrected chi connectivity index (χ1v) is 11.2. The first kappa shape index (κ1) is 23.9. The van der Waals surface area contributed by atoms with Crippen LogP contribution in [0.3, 0.4) is 0 Å². The molecule has 2 aromatic rings. The Morgan fingerprint density at radius 1 is 1.20 bits per heavy atom. The molecule has 0 spiro atoms. The lowest BCUT2D eigenvalue weighted by atomic mass is 9.96. The third kappa shape index (κ3) is 6.04. The largest absolute Gasteiger partial charge is 0.492 e. The molecule has 1 atom stereocenters. The summed E-state index contributed by atoms with van der Waals surface area (Å²) in [5.74, 6) is -0.839. The summed E-state index contributed by atoms with van der Waals surface area (Å²) in [6.45, 7) is 5.34. The number of carbonyl (C=O) groups is 1. The Balaban J connectivity index is 2.29. The normalized spacial score (nSPS) is 12.5. The van der Waals surface area contributed by atoms with Crippen LogP contribution in [0.2, 0.25) is 5.02 Å². The minimum atomic E-state index is -3.94. The van der Waals surface area contributed by atoms with Crippen molar-refractivity contribution in [3.8, 4) is 5.75 Å². The monoisotopic (exact) mass is 452 g/mol. The van der Waals surface area contributed by atoms with Crippen molar-refractivity contribution in [1.82, 2.24) is 0 Å². The van der Waals surface area contributed by atoms with E-state index in [1.165, 1.54) is 18.2 Å². The number of aliphatic hydroxyl groups excluding tert-OH is 1. The summed E-state index contributed by atoms with van der Waals surface area (Å²) in [4.78, 5) is 12.1. The van der Waals surface area contributed by atoms with Gasteiger partial charge in [0, 0.05) is 17.1 Å². The highest BCUT2D eigenvalue weighted by atomic mass is 35.5. The van der Waals surface area contributed by atoms with E-state index in [-0.39, 0.29) is 35.3 Å². The number of aliphatic hydroxyl groups is 1. The molecule has 0 saturated heterocycles. The van der Waals surface area contributed by atoms with Crippen LogP contribution < -0.4 is 9.46 Å². The van der Waals surface area contributed by atoms with E-state index in [1.807, 2.05) is 0 Å². The summed E-state index contributed by atoms with van der Waals surface area (Å²) < 4.78 is 33.6. The molecule has 0 aromatic heterocycles. The van der Waals surface area contributed by atoms with Gasteiger partial charge >= 0.3 is 0 Å². The van der Waals surface area contributed by atoms with E-state index in [9.17, 15) is 18.3 Å². The minimum Gasteiger partial charge on any atom is -0.492 e. The maximum absolute atomic E-state index is 12.8. The predicted octanol–water partition coefficient (Wildman–Crippen LogP) is 3.69. The van der Waals surface area contributed by atoms with Crippen LogP contribution in [-0.2, 0) is 21.2 Å². The highest BCUT2D eigenvalue weighted by molar-refractivity contribution is 7.92. The molecular formula is C21H25ClN2O5S. The highest BCUT2D eigenvalue weighted by Crippen LogP contribution is 2.28. The van der Waals surface area contributed by atoms with Crippen LogP contribution >= 0.6 is 11.6 Å². The summed E-state index contributed by atoms with van der Waals surface area (Å²) in [6.07, 6.45) is -1.29. The molecule has 0 heterocycles. The first-order valence-electron chi connectivity index (χ1n) is 9.39. The van der Waals surface area contributed by atoms with Crippen molar-refractivity contribution in [2.75, 3.05) is 11.3 Å². The topological polar surface area (TPSA) is 117 Å². The zero-order valence-corrected chi connectivity index (χ0v) is 18.5. The van der Waals surface area contributed by atoms with Gasteiger partial charge in [0.25, 0.3) is 10.0 Å². The van der Waals surface area contributed by atoms with Crippen LogP contribution in [0.5, 0.6) is 5.75 Å². The summed E-state index contributed by atoms with van der Waals surface area (Å²) >= 11 is 5.83. The van der Waals surface area contributed by atoms with E-state index in [1.54, 1.807) is 45.0 Å². The average Bonchev–Trinajstić information content (AvgIpc) is 2.68. The quantitative estimate of drug-likeness (QED) is 0.475. The van der Waals surface area contributed by atoms with Crippen LogP contribution in [0.1, 0.15) is 26.3 Å². The minimum absolute atomic E-state index is 0.0480. The van der Waals surface area contributed by atoms with E-state index >= 15 is 0 Å². The highest BCUT2D eigenvalue weighted by Gasteiger charge is 2.24. The summed E-state index contributed by atoms with van der Waals surface area (Å²) in [5.41, 5.74) is 0.618. The smallest absolute Gasteiger partial charge is 0.265 e. The maximum Gasteiger partial charge on any atom is 0.265 e. The van der Waals surface area contributed by atoms with Gasteiger partial charge in [0.05, 0.1) is 12.3 Å². The van der Waals surface area contributed by atoms with Gasteiger partial charge in [-0.1, -0.05) is 31.5 Å². The number of halogens is 1. The van der Waals surface area contributed by atoms with Crippen molar-refractivity contribution in [3.05, 3.63) is 53.1 Å². The molecular weight excluding hydrogens is 428 g/mol. The van der Waals surface area contributed by atoms with Gasteiger partial charge in [-0.3, -0.25) is 9.52 Å². The SMILES string of the molecule is CCOc1cc(CC(=N)C(=O)[C@@H](O)C(C)C)ccc1S(=O)(=O)Nc1ccc(Cl)cc1. The van der Waals surface area contributed by atoms with Crippen molar-refractivity contribution in [2.45, 2.75) is 38.2 Å². The number of benzene rings is 2. The van der Waals surface area contributed by atoms with E-state index in [0.717, 1.165) is 0 Å². The third-order valence-corrected chi connectivity index (χ3v) is 5.95. The third-order valence-electron chi connectivity index (χ3n) is 4.27. The lowest BCUT2D eigenvalue weighted by Gasteiger charge is -2.16. The number of nitrogens with one attached hydrogen (secondary N) is 2.